The van der Waals surface area contributed by atoms with Crippen LogP contribution in [0, 0.1) is 5.92 Å². The summed E-state index contributed by atoms with van der Waals surface area (Å²) in [5.41, 5.74) is 0. The maximum Gasteiger partial charge on any atom is 0.251 e. The molecule has 0 aromatic heterocycles. The zero-order valence-electron chi connectivity index (χ0n) is 8.95. The van der Waals surface area contributed by atoms with Crippen molar-refractivity contribution in [2.24, 2.45) is 5.92 Å². The summed E-state index contributed by atoms with van der Waals surface area (Å²) in [6, 6.07) is 0. The molecule has 0 spiro atoms. The molecule has 1 saturated heterocycles. The van der Waals surface area contributed by atoms with Gasteiger partial charge in [-0.25, -0.2) is 0 Å². The molecule has 2 unspecified atom stereocenters. The van der Waals surface area contributed by atoms with Crippen molar-refractivity contribution in [1.82, 2.24) is 4.90 Å². The first-order valence-electron chi connectivity index (χ1n) is 4.90. The fourth-order valence-corrected chi connectivity index (χ4v) is 1.57. The number of methoxy groups -OCH3 is 1. The highest BCUT2D eigenvalue weighted by molar-refractivity contribution is 5.86. The predicted molar refractivity (Wildman–Crippen MR) is 51.8 cm³/mol. The third-order valence-electron chi connectivity index (χ3n) is 2.69. The second-order valence-electron chi connectivity index (χ2n) is 3.78. The molecule has 0 radical (unpaired) electrons. The molecular formula is C10H17NO3. The van der Waals surface area contributed by atoms with E-state index >= 15 is 0 Å². The summed E-state index contributed by atoms with van der Waals surface area (Å²) in [6.45, 7) is 4.66. The fraction of sp³-hybridized carbons (Fsp3) is 0.800. The van der Waals surface area contributed by atoms with E-state index < -0.39 is 6.10 Å². The number of likely N-dealkylation sites (tertiary alicyclic amines) is 1. The molecule has 80 valence electrons. The van der Waals surface area contributed by atoms with Gasteiger partial charge in [0.15, 0.2) is 0 Å². The number of ether oxygens (including phenoxy) is 1. The summed E-state index contributed by atoms with van der Waals surface area (Å²) in [4.78, 5) is 24.6. The van der Waals surface area contributed by atoms with Crippen LogP contribution in [0.3, 0.4) is 0 Å². The van der Waals surface area contributed by atoms with E-state index in [9.17, 15) is 9.59 Å². The van der Waals surface area contributed by atoms with Gasteiger partial charge in [0, 0.05) is 32.5 Å². The molecule has 4 heteroatoms. The van der Waals surface area contributed by atoms with E-state index in [1.54, 1.807) is 11.8 Å². The van der Waals surface area contributed by atoms with Crippen molar-refractivity contribution in [1.29, 1.82) is 0 Å². The van der Waals surface area contributed by atoms with Crippen molar-refractivity contribution in [2.75, 3.05) is 20.2 Å². The van der Waals surface area contributed by atoms with Gasteiger partial charge >= 0.3 is 0 Å². The van der Waals surface area contributed by atoms with Crippen LogP contribution in [0.2, 0.25) is 0 Å². The van der Waals surface area contributed by atoms with Gasteiger partial charge in [0.25, 0.3) is 5.91 Å². The molecule has 0 aliphatic carbocycles. The first-order chi connectivity index (χ1) is 6.56. The normalized spacial score (nSPS) is 24.9. The molecule has 1 amide bonds. The van der Waals surface area contributed by atoms with Crippen LogP contribution < -0.4 is 0 Å². The lowest BCUT2D eigenvalue weighted by atomic mass is 9.98. The Balaban J connectivity index is 2.54. The molecule has 0 bridgehead atoms. The van der Waals surface area contributed by atoms with Crippen LogP contribution >= 0.6 is 0 Å². The van der Waals surface area contributed by atoms with Crippen LogP contribution in [-0.2, 0) is 14.3 Å². The Morgan fingerprint density at radius 3 is 2.79 bits per heavy atom. The highest BCUT2D eigenvalue weighted by Crippen LogP contribution is 2.13. The van der Waals surface area contributed by atoms with Crippen molar-refractivity contribution >= 4 is 11.7 Å². The number of amides is 1. The molecular weight excluding hydrogens is 182 g/mol. The van der Waals surface area contributed by atoms with Crippen LogP contribution in [0.25, 0.3) is 0 Å². The Bertz CT molecular complexity index is 240. The van der Waals surface area contributed by atoms with Crippen LogP contribution in [0.1, 0.15) is 20.3 Å². The number of carbonyl (C=O) groups is 2. The SMILES string of the molecule is COC(C)C(=O)N1CCC(=O)C(C)C1. The third kappa shape index (κ3) is 2.32. The number of nitrogens with zero attached hydrogens (tertiary/aromatic N) is 1. The van der Waals surface area contributed by atoms with E-state index in [2.05, 4.69) is 0 Å². The highest BCUT2D eigenvalue weighted by Gasteiger charge is 2.28. The summed E-state index contributed by atoms with van der Waals surface area (Å²) in [5, 5.41) is 0. The highest BCUT2D eigenvalue weighted by atomic mass is 16.5. The third-order valence-corrected chi connectivity index (χ3v) is 2.69. The van der Waals surface area contributed by atoms with Crippen molar-refractivity contribution in [2.45, 2.75) is 26.4 Å². The lowest BCUT2D eigenvalue weighted by Crippen LogP contribution is -2.46. The van der Waals surface area contributed by atoms with E-state index in [0.717, 1.165) is 0 Å². The average molecular weight is 199 g/mol. The van der Waals surface area contributed by atoms with Gasteiger partial charge in [0.05, 0.1) is 0 Å². The zero-order valence-corrected chi connectivity index (χ0v) is 8.95. The maximum atomic E-state index is 11.7. The topological polar surface area (TPSA) is 46.6 Å². The Labute approximate surface area is 84.2 Å². The molecule has 4 nitrogen and oxygen atoms in total. The van der Waals surface area contributed by atoms with Crippen LogP contribution in [0.15, 0.2) is 0 Å². The maximum absolute atomic E-state index is 11.7. The van der Waals surface area contributed by atoms with Gasteiger partial charge < -0.3 is 9.64 Å². The number of hydrogen-bond acceptors (Lipinski definition) is 3. The summed E-state index contributed by atoms with van der Waals surface area (Å²) in [7, 11) is 1.51. The van der Waals surface area contributed by atoms with E-state index in [1.807, 2.05) is 6.92 Å². The molecule has 2 atom stereocenters. The first kappa shape index (κ1) is 11.2. The summed E-state index contributed by atoms with van der Waals surface area (Å²) < 4.78 is 4.95. The lowest BCUT2D eigenvalue weighted by Gasteiger charge is -2.31. The fourth-order valence-electron chi connectivity index (χ4n) is 1.57. The molecule has 1 aliphatic rings. The van der Waals surface area contributed by atoms with E-state index in [0.29, 0.717) is 19.5 Å². The van der Waals surface area contributed by atoms with Gasteiger partial charge in [-0.3, -0.25) is 9.59 Å². The number of hydrogen-bond donors (Lipinski definition) is 0. The largest absolute Gasteiger partial charge is 0.372 e. The van der Waals surface area contributed by atoms with Crippen LogP contribution in [-0.4, -0.2) is 42.9 Å². The molecule has 1 rings (SSSR count). The van der Waals surface area contributed by atoms with Gasteiger partial charge in [-0.2, -0.15) is 0 Å². The average Bonchev–Trinajstić information content (AvgIpc) is 2.20. The standard InChI is InChI=1S/C10H17NO3/c1-7-6-11(5-4-9(7)12)10(13)8(2)14-3/h7-8H,4-6H2,1-3H3. The van der Waals surface area contributed by atoms with Crippen molar-refractivity contribution in [3.8, 4) is 0 Å². The predicted octanol–water partition coefficient (Wildman–Crippen LogP) is 0.459. The number of rotatable bonds is 2. The minimum Gasteiger partial charge on any atom is -0.372 e. The van der Waals surface area contributed by atoms with Gasteiger partial charge in [0.2, 0.25) is 0 Å². The van der Waals surface area contributed by atoms with Crippen LogP contribution in [0.5, 0.6) is 0 Å². The minimum atomic E-state index is -0.407. The molecule has 14 heavy (non-hydrogen) atoms. The van der Waals surface area contributed by atoms with Gasteiger partial charge in [-0.05, 0) is 6.92 Å². The molecule has 0 saturated carbocycles. The smallest absolute Gasteiger partial charge is 0.251 e. The van der Waals surface area contributed by atoms with Gasteiger partial charge in [-0.1, -0.05) is 6.92 Å². The molecule has 0 N–H and O–H groups in total. The molecule has 1 heterocycles. The molecule has 0 aromatic rings. The molecule has 1 fully saturated rings. The second-order valence-corrected chi connectivity index (χ2v) is 3.78. The Morgan fingerprint density at radius 1 is 1.64 bits per heavy atom. The monoisotopic (exact) mass is 199 g/mol. The summed E-state index contributed by atoms with van der Waals surface area (Å²) in [5.74, 6) is 0.197. The number of ketones is 1. The second kappa shape index (κ2) is 4.55. The molecule has 0 aromatic carbocycles. The van der Waals surface area contributed by atoms with Crippen molar-refractivity contribution in [3.63, 3.8) is 0 Å². The Morgan fingerprint density at radius 2 is 2.29 bits per heavy atom. The quantitative estimate of drug-likeness (QED) is 0.649. The minimum absolute atomic E-state index is 0.0214. The Kier molecular flexibility index (Phi) is 3.63. The Hall–Kier alpha value is -0.900. The first-order valence-corrected chi connectivity index (χ1v) is 4.90. The van der Waals surface area contributed by atoms with E-state index in [4.69, 9.17) is 4.74 Å². The lowest BCUT2D eigenvalue weighted by molar-refractivity contribution is -0.144. The summed E-state index contributed by atoms with van der Waals surface area (Å²) in [6.07, 6.45) is 0.0685. The van der Waals surface area contributed by atoms with Crippen molar-refractivity contribution < 1.29 is 14.3 Å². The zero-order chi connectivity index (χ0) is 10.7. The van der Waals surface area contributed by atoms with E-state index in [-0.39, 0.29) is 17.6 Å². The van der Waals surface area contributed by atoms with Crippen LogP contribution in [0.4, 0.5) is 0 Å². The molecule has 1 aliphatic heterocycles. The van der Waals surface area contributed by atoms with E-state index in [1.165, 1.54) is 7.11 Å². The van der Waals surface area contributed by atoms with Crippen molar-refractivity contribution in [3.05, 3.63) is 0 Å². The number of carbonyl (C=O) groups excluding carboxylic acids is 2. The summed E-state index contributed by atoms with van der Waals surface area (Å²) >= 11 is 0. The van der Waals surface area contributed by atoms with Gasteiger partial charge in [0.1, 0.15) is 11.9 Å². The van der Waals surface area contributed by atoms with Gasteiger partial charge in [-0.15, -0.1) is 0 Å². The number of Topliss-reactive ketones (excluding diaryl/α,β-unsaturated/α-hetero) is 1. The number of piperidine rings is 1.